The highest BCUT2D eigenvalue weighted by molar-refractivity contribution is 5.92. The van der Waals surface area contributed by atoms with Crippen molar-refractivity contribution in [2.75, 3.05) is 6.61 Å². The average Bonchev–Trinajstić information content (AvgIpc) is 2.77. The molecular weight excluding hydrogens is 196 g/mol. The fraction of sp³-hybridized carbons (Fsp3) is 0.182. The molecule has 2 aromatic rings. The van der Waals surface area contributed by atoms with Crippen molar-refractivity contribution in [3.8, 4) is 5.75 Å². The van der Waals surface area contributed by atoms with E-state index in [2.05, 4.69) is 0 Å². The standard InChI is InChI=1S/C11H8O4/c12-11(13)10-5-7-4-8-6(1-2-14-8)3-9(7)15-10/h3-5H,1-2H2,(H,12,13). The normalized spacial score (nSPS) is 13.9. The summed E-state index contributed by atoms with van der Waals surface area (Å²) in [5.74, 6) is -0.249. The summed E-state index contributed by atoms with van der Waals surface area (Å²) in [5.41, 5.74) is 1.69. The van der Waals surface area contributed by atoms with Crippen molar-refractivity contribution in [2.45, 2.75) is 6.42 Å². The molecule has 4 heteroatoms. The van der Waals surface area contributed by atoms with E-state index in [0.29, 0.717) is 12.2 Å². The summed E-state index contributed by atoms with van der Waals surface area (Å²) in [6.45, 7) is 0.688. The van der Waals surface area contributed by atoms with Gasteiger partial charge in [0.2, 0.25) is 5.76 Å². The first-order valence-electron chi connectivity index (χ1n) is 4.66. The monoisotopic (exact) mass is 204 g/mol. The second-order valence-corrected chi connectivity index (χ2v) is 3.51. The topological polar surface area (TPSA) is 59.7 Å². The van der Waals surface area contributed by atoms with E-state index in [1.165, 1.54) is 6.07 Å². The molecule has 1 N–H and O–H groups in total. The second-order valence-electron chi connectivity index (χ2n) is 3.51. The maximum absolute atomic E-state index is 10.7. The SMILES string of the molecule is O=C(O)c1cc2cc3c(cc2o1)CCO3. The molecule has 15 heavy (non-hydrogen) atoms. The smallest absolute Gasteiger partial charge is 0.371 e. The Balaban J connectivity index is 2.24. The van der Waals surface area contributed by atoms with Gasteiger partial charge >= 0.3 is 5.97 Å². The Labute approximate surface area is 85.1 Å². The van der Waals surface area contributed by atoms with Crippen LogP contribution >= 0.6 is 0 Å². The van der Waals surface area contributed by atoms with Crippen LogP contribution in [0.15, 0.2) is 22.6 Å². The largest absolute Gasteiger partial charge is 0.493 e. The lowest BCUT2D eigenvalue weighted by Gasteiger charge is -1.96. The highest BCUT2D eigenvalue weighted by Crippen LogP contribution is 2.31. The molecule has 0 atom stereocenters. The molecule has 3 rings (SSSR count). The number of carboxylic acids is 1. The first kappa shape index (κ1) is 8.35. The third-order valence-corrected chi connectivity index (χ3v) is 2.54. The predicted molar refractivity (Wildman–Crippen MR) is 52.4 cm³/mol. The minimum Gasteiger partial charge on any atom is -0.493 e. The van der Waals surface area contributed by atoms with Gasteiger partial charge in [0, 0.05) is 17.4 Å². The number of hydrogen-bond acceptors (Lipinski definition) is 3. The zero-order chi connectivity index (χ0) is 10.4. The van der Waals surface area contributed by atoms with Gasteiger partial charge in [-0.1, -0.05) is 0 Å². The fourth-order valence-corrected chi connectivity index (χ4v) is 1.81. The molecule has 1 aliphatic heterocycles. The Morgan fingerprint density at radius 2 is 2.20 bits per heavy atom. The minimum absolute atomic E-state index is 0.0336. The molecular formula is C11H8O4. The summed E-state index contributed by atoms with van der Waals surface area (Å²) in [6.07, 6.45) is 0.856. The van der Waals surface area contributed by atoms with Crippen molar-refractivity contribution in [1.29, 1.82) is 0 Å². The first-order chi connectivity index (χ1) is 7.24. The van der Waals surface area contributed by atoms with E-state index < -0.39 is 5.97 Å². The summed E-state index contributed by atoms with van der Waals surface area (Å²) in [7, 11) is 0. The van der Waals surface area contributed by atoms with Gasteiger partial charge in [0.25, 0.3) is 0 Å². The highest BCUT2D eigenvalue weighted by atomic mass is 16.5. The van der Waals surface area contributed by atoms with Gasteiger partial charge < -0.3 is 14.3 Å². The summed E-state index contributed by atoms with van der Waals surface area (Å²) in [6, 6.07) is 5.19. The van der Waals surface area contributed by atoms with Gasteiger partial charge in [0.1, 0.15) is 11.3 Å². The van der Waals surface area contributed by atoms with E-state index in [1.807, 2.05) is 12.1 Å². The number of furan rings is 1. The average molecular weight is 204 g/mol. The summed E-state index contributed by atoms with van der Waals surface area (Å²) >= 11 is 0. The maximum atomic E-state index is 10.7. The van der Waals surface area contributed by atoms with Crippen LogP contribution in [0.3, 0.4) is 0 Å². The minimum atomic E-state index is -1.05. The zero-order valence-corrected chi connectivity index (χ0v) is 7.82. The molecule has 0 spiro atoms. The zero-order valence-electron chi connectivity index (χ0n) is 7.82. The molecule has 2 heterocycles. The van der Waals surface area contributed by atoms with Crippen molar-refractivity contribution < 1.29 is 19.1 Å². The number of fused-ring (bicyclic) bond motifs is 2. The number of carboxylic acid groups (broad SMARTS) is 1. The van der Waals surface area contributed by atoms with Crippen LogP contribution in [0.2, 0.25) is 0 Å². The van der Waals surface area contributed by atoms with E-state index in [-0.39, 0.29) is 5.76 Å². The van der Waals surface area contributed by atoms with Crippen LogP contribution in [0.4, 0.5) is 0 Å². The first-order valence-corrected chi connectivity index (χ1v) is 4.66. The number of carbonyl (C=O) groups is 1. The highest BCUT2D eigenvalue weighted by Gasteiger charge is 2.17. The molecule has 0 unspecified atom stereocenters. The van der Waals surface area contributed by atoms with Crippen molar-refractivity contribution in [3.63, 3.8) is 0 Å². The van der Waals surface area contributed by atoms with Gasteiger partial charge in [-0.05, 0) is 18.2 Å². The third-order valence-electron chi connectivity index (χ3n) is 2.54. The van der Waals surface area contributed by atoms with Crippen LogP contribution < -0.4 is 4.74 Å². The van der Waals surface area contributed by atoms with Crippen molar-refractivity contribution in [2.24, 2.45) is 0 Å². The molecule has 0 amide bonds. The Kier molecular flexibility index (Phi) is 1.54. The summed E-state index contributed by atoms with van der Waals surface area (Å²) in [4.78, 5) is 10.7. The molecule has 76 valence electrons. The van der Waals surface area contributed by atoms with Crippen LogP contribution in [-0.2, 0) is 6.42 Å². The number of aromatic carboxylic acids is 1. The van der Waals surface area contributed by atoms with Crippen LogP contribution in [0.25, 0.3) is 11.0 Å². The third kappa shape index (κ3) is 1.18. The van der Waals surface area contributed by atoms with E-state index in [1.54, 1.807) is 0 Å². The Hall–Kier alpha value is -1.97. The molecule has 0 saturated heterocycles. The lowest BCUT2D eigenvalue weighted by Crippen LogP contribution is -1.91. The summed E-state index contributed by atoms with van der Waals surface area (Å²) < 4.78 is 10.6. The van der Waals surface area contributed by atoms with Crippen molar-refractivity contribution >= 4 is 16.9 Å². The molecule has 0 radical (unpaired) electrons. The molecule has 0 aliphatic carbocycles. The van der Waals surface area contributed by atoms with Gasteiger partial charge in [0.05, 0.1) is 6.61 Å². The fourth-order valence-electron chi connectivity index (χ4n) is 1.81. The number of hydrogen-bond donors (Lipinski definition) is 1. The van der Waals surface area contributed by atoms with Crippen LogP contribution in [-0.4, -0.2) is 17.7 Å². The Morgan fingerprint density at radius 1 is 1.33 bits per heavy atom. The van der Waals surface area contributed by atoms with E-state index in [0.717, 1.165) is 23.1 Å². The van der Waals surface area contributed by atoms with E-state index >= 15 is 0 Å². The molecule has 1 aromatic heterocycles. The lowest BCUT2D eigenvalue weighted by atomic mass is 10.1. The molecule has 1 aromatic carbocycles. The summed E-state index contributed by atoms with van der Waals surface area (Å²) in [5, 5.41) is 9.54. The van der Waals surface area contributed by atoms with Crippen LogP contribution in [0.1, 0.15) is 16.1 Å². The Morgan fingerprint density at radius 3 is 3.00 bits per heavy atom. The molecule has 0 fully saturated rings. The van der Waals surface area contributed by atoms with Gasteiger partial charge in [-0.3, -0.25) is 0 Å². The van der Waals surface area contributed by atoms with Gasteiger partial charge in [-0.15, -0.1) is 0 Å². The van der Waals surface area contributed by atoms with Crippen molar-refractivity contribution in [3.05, 3.63) is 29.5 Å². The van der Waals surface area contributed by atoms with Crippen LogP contribution in [0.5, 0.6) is 5.75 Å². The predicted octanol–water partition coefficient (Wildman–Crippen LogP) is 2.07. The quantitative estimate of drug-likeness (QED) is 0.772. The molecule has 0 bridgehead atoms. The number of ether oxygens (including phenoxy) is 1. The molecule has 0 saturated carbocycles. The molecule has 1 aliphatic rings. The number of benzene rings is 1. The van der Waals surface area contributed by atoms with E-state index in [9.17, 15) is 4.79 Å². The van der Waals surface area contributed by atoms with E-state index in [4.69, 9.17) is 14.3 Å². The van der Waals surface area contributed by atoms with Gasteiger partial charge in [-0.2, -0.15) is 0 Å². The maximum Gasteiger partial charge on any atom is 0.371 e. The lowest BCUT2D eigenvalue weighted by molar-refractivity contribution is 0.0665. The second kappa shape index (κ2) is 2.76. The van der Waals surface area contributed by atoms with Gasteiger partial charge in [-0.25, -0.2) is 4.79 Å². The van der Waals surface area contributed by atoms with Gasteiger partial charge in [0.15, 0.2) is 0 Å². The van der Waals surface area contributed by atoms with Crippen LogP contribution in [0, 0.1) is 0 Å². The van der Waals surface area contributed by atoms with Crippen molar-refractivity contribution in [1.82, 2.24) is 0 Å². The number of rotatable bonds is 1. The Bertz CT molecular complexity index is 512. The molecule has 4 nitrogen and oxygen atoms in total.